The molecule has 5 heteroatoms. The minimum Gasteiger partial charge on any atom is -0.511 e. The number of ether oxygens (including phenoxy) is 1. The molecule has 1 saturated carbocycles. The SMILES string of the molecule is C=C(CC(O)=C(C)C(=O)O)C(=O)OC1CC1. The molecule has 0 spiro atoms. The predicted molar refractivity (Wildman–Crippen MR) is 55.8 cm³/mol. The van der Waals surface area contributed by atoms with Crippen LogP contribution in [0.2, 0.25) is 0 Å². The van der Waals surface area contributed by atoms with Gasteiger partial charge in [-0.25, -0.2) is 9.59 Å². The van der Waals surface area contributed by atoms with E-state index in [9.17, 15) is 14.7 Å². The van der Waals surface area contributed by atoms with Crippen molar-refractivity contribution in [3.8, 4) is 0 Å². The van der Waals surface area contributed by atoms with Gasteiger partial charge in [0.25, 0.3) is 0 Å². The smallest absolute Gasteiger partial charge is 0.334 e. The number of hydrogen-bond donors (Lipinski definition) is 2. The van der Waals surface area contributed by atoms with Crippen molar-refractivity contribution in [3.05, 3.63) is 23.5 Å². The Morgan fingerprint density at radius 2 is 1.94 bits per heavy atom. The van der Waals surface area contributed by atoms with E-state index in [1.165, 1.54) is 6.92 Å². The van der Waals surface area contributed by atoms with Gasteiger partial charge in [0.1, 0.15) is 11.9 Å². The number of allylic oxidation sites excluding steroid dienone is 1. The molecule has 0 aromatic heterocycles. The highest BCUT2D eigenvalue weighted by Gasteiger charge is 2.27. The molecule has 5 nitrogen and oxygen atoms in total. The predicted octanol–water partition coefficient (Wildman–Crippen LogP) is 1.55. The molecule has 88 valence electrons. The van der Waals surface area contributed by atoms with E-state index in [1.807, 2.05) is 0 Å². The zero-order valence-corrected chi connectivity index (χ0v) is 9.02. The maximum absolute atomic E-state index is 11.3. The largest absolute Gasteiger partial charge is 0.511 e. The Morgan fingerprint density at radius 1 is 1.38 bits per heavy atom. The van der Waals surface area contributed by atoms with Gasteiger partial charge in [0.05, 0.1) is 5.57 Å². The van der Waals surface area contributed by atoms with Gasteiger partial charge in [-0.15, -0.1) is 0 Å². The van der Waals surface area contributed by atoms with Gasteiger partial charge in [0.2, 0.25) is 0 Å². The summed E-state index contributed by atoms with van der Waals surface area (Å²) in [5, 5.41) is 18.0. The van der Waals surface area contributed by atoms with Gasteiger partial charge in [-0.1, -0.05) is 6.58 Å². The van der Waals surface area contributed by atoms with E-state index in [0.717, 1.165) is 12.8 Å². The molecule has 0 atom stereocenters. The van der Waals surface area contributed by atoms with Crippen LogP contribution in [0.5, 0.6) is 0 Å². The molecule has 2 N–H and O–H groups in total. The molecule has 0 bridgehead atoms. The average Bonchev–Trinajstić information content (AvgIpc) is 2.99. The Morgan fingerprint density at radius 3 is 2.38 bits per heavy atom. The summed E-state index contributed by atoms with van der Waals surface area (Å²) < 4.78 is 4.94. The summed E-state index contributed by atoms with van der Waals surface area (Å²) in [7, 11) is 0. The lowest BCUT2D eigenvalue weighted by atomic mass is 10.1. The number of aliphatic hydroxyl groups excluding tert-OH is 1. The molecule has 16 heavy (non-hydrogen) atoms. The summed E-state index contributed by atoms with van der Waals surface area (Å²) in [6.07, 6.45) is 1.49. The number of carbonyl (C=O) groups excluding carboxylic acids is 1. The zero-order valence-electron chi connectivity index (χ0n) is 9.02. The Hall–Kier alpha value is -1.78. The van der Waals surface area contributed by atoms with Gasteiger partial charge in [-0.05, 0) is 19.8 Å². The Bertz CT molecular complexity index is 363. The molecule has 0 saturated heterocycles. The third-order valence-electron chi connectivity index (χ3n) is 2.22. The van der Waals surface area contributed by atoms with Crippen molar-refractivity contribution in [2.45, 2.75) is 32.3 Å². The number of aliphatic carboxylic acids is 1. The third-order valence-corrected chi connectivity index (χ3v) is 2.22. The lowest BCUT2D eigenvalue weighted by molar-refractivity contribution is -0.140. The van der Waals surface area contributed by atoms with Crippen LogP contribution in [0.1, 0.15) is 26.2 Å². The first-order chi connectivity index (χ1) is 7.41. The van der Waals surface area contributed by atoms with Gasteiger partial charge in [0.15, 0.2) is 0 Å². The van der Waals surface area contributed by atoms with Gasteiger partial charge < -0.3 is 14.9 Å². The van der Waals surface area contributed by atoms with Crippen molar-refractivity contribution < 1.29 is 24.5 Å². The number of rotatable bonds is 5. The highest BCUT2D eigenvalue weighted by Crippen LogP contribution is 2.25. The normalized spacial score (nSPS) is 16.3. The topological polar surface area (TPSA) is 83.8 Å². The van der Waals surface area contributed by atoms with Crippen LogP contribution in [0, 0.1) is 0 Å². The van der Waals surface area contributed by atoms with Gasteiger partial charge in [0, 0.05) is 12.0 Å². The van der Waals surface area contributed by atoms with Crippen molar-refractivity contribution >= 4 is 11.9 Å². The molecule has 0 radical (unpaired) electrons. The van der Waals surface area contributed by atoms with Gasteiger partial charge in [-0.3, -0.25) is 0 Å². The lowest BCUT2D eigenvalue weighted by Gasteiger charge is -2.06. The minimum absolute atomic E-state index is 0.0315. The summed E-state index contributed by atoms with van der Waals surface area (Å²) in [6.45, 7) is 4.72. The van der Waals surface area contributed by atoms with Crippen LogP contribution in [0.15, 0.2) is 23.5 Å². The number of carboxylic acids is 1. The molecule has 0 heterocycles. The molecular weight excluding hydrogens is 212 g/mol. The van der Waals surface area contributed by atoms with E-state index in [1.54, 1.807) is 0 Å². The van der Waals surface area contributed by atoms with Crippen molar-refractivity contribution in [1.82, 2.24) is 0 Å². The number of hydrogen-bond acceptors (Lipinski definition) is 4. The lowest BCUT2D eigenvalue weighted by Crippen LogP contribution is -2.10. The van der Waals surface area contributed by atoms with Crippen molar-refractivity contribution in [3.63, 3.8) is 0 Å². The van der Waals surface area contributed by atoms with Crippen LogP contribution in [0.4, 0.5) is 0 Å². The fraction of sp³-hybridized carbons (Fsp3) is 0.455. The Kier molecular flexibility index (Phi) is 3.71. The molecule has 1 aliphatic carbocycles. The summed E-state index contributed by atoms with van der Waals surface area (Å²) >= 11 is 0. The van der Waals surface area contributed by atoms with Crippen LogP contribution in [0.25, 0.3) is 0 Å². The van der Waals surface area contributed by atoms with Crippen LogP contribution in [0.3, 0.4) is 0 Å². The summed E-state index contributed by atoms with van der Waals surface area (Å²) in [5.74, 6) is -2.17. The highest BCUT2D eigenvalue weighted by atomic mass is 16.5. The van der Waals surface area contributed by atoms with Gasteiger partial charge >= 0.3 is 11.9 Å². The average molecular weight is 226 g/mol. The monoisotopic (exact) mass is 226 g/mol. The number of carbonyl (C=O) groups is 2. The molecule has 0 aliphatic heterocycles. The fourth-order valence-electron chi connectivity index (χ4n) is 0.951. The maximum atomic E-state index is 11.3. The van der Waals surface area contributed by atoms with E-state index in [-0.39, 0.29) is 29.4 Å². The first kappa shape index (κ1) is 12.3. The van der Waals surface area contributed by atoms with Crippen LogP contribution < -0.4 is 0 Å². The van der Waals surface area contributed by atoms with E-state index < -0.39 is 11.9 Å². The second kappa shape index (κ2) is 4.83. The second-order valence-corrected chi connectivity index (χ2v) is 3.76. The first-order valence-corrected chi connectivity index (χ1v) is 4.92. The summed E-state index contributed by atoms with van der Waals surface area (Å²) in [5.41, 5.74) is -0.134. The molecule has 1 rings (SSSR count). The third kappa shape index (κ3) is 3.42. The zero-order chi connectivity index (χ0) is 12.3. The van der Waals surface area contributed by atoms with E-state index in [4.69, 9.17) is 9.84 Å². The van der Waals surface area contributed by atoms with Crippen molar-refractivity contribution in [2.75, 3.05) is 0 Å². The standard InChI is InChI=1S/C11H14O5/c1-6(11(15)16-8-3-4-8)5-9(12)7(2)10(13)14/h8,12H,1,3-5H2,2H3,(H,13,14). The van der Waals surface area contributed by atoms with Crippen LogP contribution in [-0.2, 0) is 14.3 Å². The molecule has 1 aliphatic rings. The molecule has 0 aromatic rings. The first-order valence-electron chi connectivity index (χ1n) is 4.92. The molecular formula is C11H14O5. The second-order valence-electron chi connectivity index (χ2n) is 3.76. The van der Waals surface area contributed by atoms with Crippen molar-refractivity contribution in [1.29, 1.82) is 0 Å². The van der Waals surface area contributed by atoms with E-state index in [2.05, 4.69) is 6.58 Å². The summed E-state index contributed by atoms with van der Waals surface area (Å²) in [4.78, 5) is 21.8. The Balaban J connectivity index is 2.52. The van der Waals surface area contributed by atoms with E-state index >= 15 is 0 Å². The minimum atomic E-state index is -1.22. The fourth-order valence-corrected chi connectivity index (χ4v) is 0.951. The molecule has 0 aromatic carbocycles. The van der Waals surface area contributed by atoms with E-state index in [0.29, 0.717) is 0 Å². The van der Waals surface area contributed by atoms with Crippen molar-refractivity contribution in [2.24, 2.45) is 0 Å². The summed E-state index contributed by atoms with van der Waals surface area (Å²) in [6, 6.07) is 0. The number of aliphatic hydroxyl groups is 1. The maximum Gasteiger partial charge on any atom is 0.334 e. The van der Waals surface area contributed by atoms with Gasteiger partial charge in [-0.2, -0.15) is 0 Å². The Labute approximate surface area is 93.0 Å². The number of carboxylic acid groups (broad SMARTS) is 1. The highest BCUT2D eigenvalue weighted by molar-refractivity contribution is 5.90. The van der Waals surface area contributed by atoms with Crippen LogP contribution in [-0.4, -0.2) is 28.3 Å². The van der Waals surface area contributed by atoms with Crippen LogP contribution >= 0.6 is 0 Å². The quantitative estimate of drug-likeness (QED) is 0.422. The number of esters is 1. The molecule has 1 fully saturated rings. The molecule has 0 amide bonds. The molecule has 0 unspecified atom stereocenters.